The molecule has 2 aromatic carbocycles. The highest BCUT2D eigenvalue weighted by atomic mass is 16.1. The van der Waals surface area contributed by atoms with Crippen molar-refractivity contribution in [2.24, 2.45) is 0 Å². The van der Waals surface area contributed by atoms with Crippen molar-refractivity contribution in [3.63, 3.8) is 0 Å². The highest BCUT2D eigenvalue weighted by Crippen LogP contribution is 2.26. The highest BCUT2D eigenvalue weighted by Gasteiger charge is 2.14. The van der Waals surface area contributed by atoms with E-state index in [0.717, 1.165) is 36.3 Å². The Labute approximate surface area is 156 Å². The summed E-state index contributed by atoms with van der Waals surface area (Å²) >= 11 is 0. The number of fused-ring (bicyclic) bond motifs is 1. The number of anilines is 2. The van der Waals surface area contributed by atoms with E-state index in [-0.39, 0.29) is 5.91 Å². The Kier molecular flexibility index (Phi) is 4.96. The number of hydrogen-bond donors (Lipinski definition) is 1. The third kappa shape index (κ3) is 3.77. The van der Waals surface area contributed by atoms with E-state index in [4.69, 9.17) is 0 Å². The normalized spacial score (nSPS) is 16.4. The fourth-order valence-corrected chi connectivity index (χ4v) is 4.24. The lowest BCUT2D eigenvalue weighted by atomic mass is 9.90. The predicted octanol–water partition coefficient (Wildman–Crippen LogP) is 4.66. The Morgan fingerprint density at radius 1 is 0.962 bits per heavy atom. The second-order valence-corrected chi connectivity index (χ2v) is 7.73. The lowest BCUT2D eigenvalue weighted by molar-refractivity contribution is -0.115. The number of nitrogens with zero attached hydrogens (tertiary/aromatic N) is 1. The van der Waals surface area contributed by atoms with Crippen molar-refractivity contribution in [2.45, 2.75) is 51.9 Å². The molecule has 0 unspecified atom stereocenters. The Morgan fingerprint density at radius 2 is 1.73 bits per heavy atom. The van der Waals surface area contributed by atoms with Crippen LogP contribution in [0.3, 0.4) is 0 Å². The highest BCUT2D eigenvalue weighted by molar-refractivity contribution is 5.93. The van der Waals surface area contributed by atoms with Crippen LogP contribution in [0, 0.1) is 6.92 Å². The monoisotopic (exact) mass is 348 g/mol. The van der Waals surface area contributed by atoms with E-state index in [1.54, 1.807) is 0 Å². The van der Waals surface area contributed by atoms with Crippen molar-refractivity contribution in [2.75, 3.05) is 23.3 Å². The molecule has 136 valence electrons. The third-order valence-electron chi connectivity index (χ3n) is 5.73. The molecule has 3 nitrogen and oxygen atoms in total. The summed E-state index contributed by atoms with van der Waals surface area (Å²) in [6, 6.07) is 12.9. The number of benzene rings is 2. The molecule has 0 spiro atoms. The summed E-state index contributed by atoms with van der Waals surface area (Å²) < 4.78 is 0. The van der Waals surface area contributed by atoms with Crippen molar-refractivity contribution in [1.29, 1.82) is 0 Å². The molecular formula is C23H28N2O. The fraction of sp³-hybridized carbons (Fsp3) is 0.435. The van der Waals surface area contributed by atoms with Crippen molar-refractivity contribution < 1.29 is 4.79 Å². The van der Waals surface area contributed by atoms with E-state index in [1.807, 2.05) is 6.07 Å². The summed E-state index contributed by atoms with van der Waals surface area (Å²) in [5.41, 5.74) is 7.35. The third-order valence-corrected chi connectivity index (χ3v) is 5.73. The van der Waals surface area contributed by atoms with E-state index >= 15 is 0 Å². The fourth-order valence-electron chi connectivity index (χ4n) is 4.24. The van der Waals surface area contributed by atoms with Gasteiger partial charge in [-0.25, -0.2) is 0 Å². The summed E-state index contributed by atoms with van der Waals surface area (Å²) in [6.07, 6.45) is 7.90. The molecule has 1 aliphatic carbocycles. The molecule has 1 aliphatic heterocycles. The Balaban J connectivity index is 1.41. The van der Waals surface area contributed by atoms with Crippen LogP contribution in [0.25, 0.3) is 0 Å². The van der Waals surface area contributed by atoms with Gasteiger partial charge in [0.2, 0.25) is 5.91 Å². The van der Waals surface area contributed by atoms with Crippen molar-refractivity contribution in [3.8, 4) is 0 Å². The van der Waals surface area contributed by atoms with Gasteiger partial charge in [-0.3, -0.25) is 4.79 Å². The van der Waals surface area contributed by atoms with Gasteiger partial charge in [0.05, 0.1) is 6.42 Å². The molecule has 1 N–H and O–H groups in total. The molecule has 1 heterocycles. The van der Waals surface area contributed by atoms with Gasteiger partial charge in [0, 0.05) is 24.5 Å². The Hall–Kier alpha value is -2.29. The number of carbonyl (C=O) groups excluding carboxylic acids is 1. The van der Waals surface area contributed by atoms with E-state index in [2.05, 4.69) is 47.5 Å². The van der Waals surface area contributed by atoms with Crippen LogP contribution < -0.4 is 10.2 Å². The molecule has 2 aromatic rings. The average molecular weight is 348 g/mol. The molecule has 1 amide bonds. The molecule has 0 aromatic heterocycles. The maximum absolute atomic E-state index is 12.5. The minimum Gasteiger partial charge on any atom is -0.372 e. The zero-order chi connectivity index (χ0) is 17.9. The first kappa shape index (κ1) is 17.1. The summed E-state index contributed by atoms with van der Waals surface area (Å²) in [5.74, 6) is 0.0674. The zero-order valence-electron chi connectivity index (χ0n) is 15.7. The first-order chi connectivity index (χ1) is 12.7. The standard InChI is InChI=1S/C23H28N2O/c1-17-14-21(25-12-4-5-13-25)10-11-22(17)24-23(26)16-18-8-9-19-6-2-3-7-20(19)15-18/h8-11,14-15H,2-7,12-13,16H2,1H3,(H,24,26). The zero-order valence-corrected chi connectivity index (χ0v) is 15.7. The van der Waals surface area contributed by atoms with Crippen molar-refractivity contribution >= 4 is 17.3 Å². The molecule has 0 radical (unpaired) electrons. The number of amides is 1. The molecule has 1 saturated heterocycles. The Bertz CT molecular complexity index is 806. The molecule has 0 atom stereocenters. The van der Waals surface area contributed by atoms with Gasteiger partial charge in [-0.05, 0) is 85.9 Å². The Morgan fingerprint density at radius 3 is 2.50 bits per heavy atom. The lowest BCUT2D eigenvalue weighted by Gasteiger charge is -2.19. The number of aryl methyl sites for hydroxylation is 3. The number of rotatable bonds is 4. The molecule has 26 heavy (non-hydrogen) atoms. The van der Waals surface area contributed by atoms with Gasteiger partial charge in [0.15, 0.2) is 0 Å². The van der Waals surface area contributed by atoms with Crippen LogP contribution in [0.5, 0.6) is 0 Å². The van der Waals surface area contributed by atoms with Crippen LogP contribution in [0.15, 0.2) is 36.4 Å². The van der Waals surface area contributed by atoms with Crippen LogP contribution in [0.2, 0.25) is 0 Å². The first-order valence-corrected chi connectivity index (χ1v) is 9.95. The largest absolute Gasteiger partial charge is 0.372 e. The maximum atomic E-state index is 12.5. The topological polar surface area (TPSA) is 32.3 Å². The van der Waals surface area contributed by atoms with Gasteiger partial charge in [-0.1, -0.05) is 18.2 Å². The molecule has 4 rings (SSSR count). The first-order valence-electron chi connectivity index (χ1n) is 9.95. The minimum absolute atomic E-state index is 0.0674. The van der Waals surface area contributed by atoms with Gasteiger partial charge in [-0.15, -0.1) is 0 Å². The van der Waals surface area contributed by atoms with Gasteiger partial charge in [0.25, 0.3) is 0 Å². The number of carbonyl (C=O) groups is 1. The van der Waals surface area contributed by atoms with Crippen LogP contribution >= 0.6 is 0 Å². The van der Waals surface area contributed by atoms with Gasteiger partial charge in [-0.2, -0.15) is 0 Å². The van der Waals surface area contributed by atoms with Gasteiger partial charge >= 0.3 is 0 Å². The maximum Gasteiger partial charge on any atom is 0.228 e. The van der Waals surface area contributed by atoms with Crippen LogP contribution in [0.1, 0.15) is 47.9 Å². The molecule has 0 saturated carbocycles. The minimum atomic E-state index is 0.0674. The molecule has 0 bridgehead atoms. The molecule has 1 fully saturated rings. The van der Waals surface area contributed by atoms with Crippen molar-refractivity contribution in [1.82, 2.24) is 0 Å². The van der Waals surface area contributed by atoms with Crippen LogP contribution in [-0.4, -0.2) is 19.0 Å². The van der Waals surface area contributed by atoms with Gasteiger partial charge < -0.3 is 10.2 Å². The predicted molar refractivity (Wildman–Crippen MR) is 108 cm³/mol. The summed E-state index contributed by atoms with van der Waals surface area (Å²) in [5, 5.41) is 3.10. The summed E-state index contributed by atoms with van der Waals surface area (Å²) in [7, 11) is 0. The number of nitrogens with one attached hydrogen (secondary N) is 1. The van der Waals surface area contributed by atoms with E-state index in [0.29, 0.717) is 6.42 Å². The van der Waals surface area contributed by atoms with Crippen LogP contribution in [-0.2, 0) is 24.1 Å². The summed E-state index contributed by atoms with van der Waals surface area (Å²) in [6.45, 7) is 4.36. The lowest BCUT2D eigenvalue weighted by Crippen LogP contribution is -2.18. The molecule has 3 heteroatoms. The average Bonchev–Trinajstić information content (AvgIpc) is 3.18. The van der Waals surface area contributed by atoms with Gasteiger partial charge in [0.1, 0.15) is 0 Å². The molecular weight excluding hydrogens is 320 g/mol. The van der Waals surface area contributed by atoms with E-state index in [1.165, 1.54) is 48.9 Å². The quantitative estimate of drug-likeness (QED) is 0.872. The smallest absolute Gasteiger partial charge is 0.228 e. The van der Waals surface area contributed by atoms with Crippen LogP contribution in [0.4, 0.5) is 11.4 Å². The van der Waals surface area contributed by atoms with Crippen molar-refractivity contribution in [3.05, 3.63) is 58.7 Å². The second-order valence-electron chi connectivity index (χ2n) is 7.73. The summed E-state index contributed by atoms with van der Waals surface area (Å²) in [4.78, 5) is 14.9. The molecule has 2 aliphatic rings. The number of hydrogen-bond acceptors (Lipinski definition) is 2. The second kappa shape index (κ2) is 7.53. The van der Waals surface area contributed by atoms with E-state index < -0.39 is 0 Å². The SMILES string of the molecule is Cc1cc(N2CCCC2)ccc1NC(=O)Cc1ccc2c(c1)CCCC2. The van der Waals surface area contributed by atoms with E-state index in [9.17, 15) is 4.79 Å².